The van der Waals surface area contributed by atoms with Crippen LogP contribution >= 0.6 is 12.4 Å². The Labute approximate surface area is 157 Å². The van der Waals surface area contributed by atoms with Crippen molar-refractivity contribution in [2.75, 3.05) is 32.7 Å². The van der Waals surface area contributed by atoms with Crippen molar-refractivity contribution in [3.8, 4) is 0 Å². The molecule has 2 atom stereocenters. The third kappa shape index (κ3) is 6.42. The van der Waals surface area contributed by atoms with Crippen LogP contribution in [-0.2, 0) is 9.59 Å². The maximum atomic E-state index is 12.2. The summed E-state index contributed by atoms with van der Waals surface area (Å²) in [5, 5.41) is 9.51. The van der Waals surface area contributed by atoms with Crippen LogP contribution in [0.5, 0.6) is 0 Å². The molecule has 2 saturated heterocycles. The first-order chi connectivity index (χ1) is 11.7. The van der Waals surface area contributed by atoms with Gasteiger partial charge >= 0.3 is 0 Å². The summed E-state index contributed by atoms with van der Waals surface area (Å²) in [5.41, 5.74) is 0. The lowest BCUT2D eigenvalue weighted by atomic mass is 9.97. The van der Waals surface area contributed by atoms with Gasteiger partial charge in [-0.15, -0.1) is 12.4 Å². The summed E-state index contributed by atoms with van der Waals surface area (Å²) in [6.07, 6.45) is 9.04. The van der Waals surface area contributed by atoms with Crippen LogP contribution in [0.25, 0.3) is 0 Å². The van der Waals surface area contributed by atoms with Crippen molar-refractivity contribution in [3.05, 3.63) is 0 Å². The lowest BCUT2D eigenvalue weighted by Gasteiger charge is -2.32. The largest absolute Gasteiger partial charge is 0.354 e. The van der Waals surface area contributed by atoms with E-state index in [0.29, 0.717) is 18.5 Å². The highest BCUT2D eigenvalue weighted by Crippen LogP contribution is 2.18. The molecule has 2 aliphatic heterocycles. The number of piperidine rings is 1. The van der Waals surface area contributed by atoms with Crippen LogP contribution in [0, 0.1) is 5.92 Å². The van der Waals surface area contributed by atoms with Gasteiger partial charge < -0.3 is 16.0 Å². The number of rotatable bonds is 6. The lowest BCUT2D eigenvalue weighted by molar-refractivity contribution is -0.124. The van der Waals surface area contributed by atoms with E-state index < -0.39 is 0 Å². The molecule has 0 bridgehead atoms. The molecule has 0 aromatic rings. The zero-order chi connectivity index (χ0) is 16.8. The molecule has 2 unspecified atom stereocenters. The molecule has 0 aromatic carbocycles. The first kappa shape index (κ1) is 20.5. The predicted octanol–water partition coefficient (Wildman–Crippen LogP) is 1.05. The Morgan fingerprint density at radius 2 is 1.84 bits per heavy atom. The molecule has 6 nitrogen and oxygen atoms in total. The fraction of sp³-hybridized carbons (Fsp3) is 0.889. The topological polar surface area (TPSA) is 73.5 Å². The Hall–Kier alpha value is -0.850. The molecule has 1 aliphatic carbocycles. The smallest absolute Gasteiger partial charge is 0.237 e. The summed E-state index contributed by atoms with van der Waals surface area (Å²) in [4.78, 5) is 26.5. The van der Waals surface area contributed by atoms with Gasteiger partial charge in [-0.1, -0.05) is 12.8 Å². The van der Waals surface area contributed by atoms with Crippen LogP contribution in [0.3, 0.4) is 0 Å². The Morgan fingerprint density at radius 1 is 1.04 bits per heavy atom. The summed E-state index contributed by atoms with van der Waals surface area (Å²) >= 11 is 0. The number of hydrogen-bond donors (Lipinski definition) is 3. The minimum absolute atomic E-state index is 0. The van der Waals surface area contributed by atoms with Crippen molar-refractivity contribution >= 4 is 24.2 Å². The van der Waals surface area contributed by atoms with Gasteiger partial charge in [0.25, 0.3) is 0 Å². The van der Waals surface area contributed by atoms with E-state index in [1.165, 1.54) is 12.8 Å². The number of carbonyl (C=O) groups excluding carboxylic acids is 2. The Balaban J connectivity index is 0.00000225. The molecule has 3 aliphatic rings. The average molecular weight is 373 g/mol. The van der Waals surface area contributed by atoms with Crippen molar-refractivity contribution < 1.29 is 9.59 Å². The van der Waals surface area contributed by atoms with E-state index in [2.05, 4.69) is 20.9 Å². The number of nitrogens with one attached hydrogen (secondary N) is 3. The van der Waals surface area contributed by atoms with Crippen LogP contribution in [0.2, 0.25) is 0 Å². The molecule has 3 N–H and O–H groups in total. The first-order valence-corrected chi connectivity index (χ1v) is 9.73. The van der Waals surface area contributed by atoms with Gasteiger partial charge in [0.05, 0.1) is 12.6 Å². The Kier molecular flexibility index (Phi) is 8.46. The van der Waals surface area contributed by atoms with Gasteiger partial charge in [0.15, 0.2) is 0 Å². The fourth-order valence-corrected chi connectivity index (χ4v) is 4.28. The zero-order valence-electron chi connectivity index (χ0n) is 15.1. The van der Waals surface area contributed by atoms with Gasteiger partial charge in [0.2, 0.25) is 11.8 Å². The molecule has 3 fully saturated rings. The van der Waals surface area contributed by atoms with Crippen LogP contribution in [0.15, 0.2) is 0 Å². The summed E-state index contributed by atoms with van der Waals surface area (Å²) in [6, 6.07) is 0.401. The number of halogens is 1. The first-order valence-electron chi connectivity index (χ1n) is 9.73. The van der Waals surface area contributed by atoms with Crippen molar-refractivity contribution in [1.82, 2.24) is 20.9 Å². The molecule has 1 saturated carbocycles. The van der Waals surface area contributed by atoms with E-state index in [0.717, 1.165) is 64.7 Å². The molecule has 25 heavy (non-hydrogen) atoms. The van der Waals surface area contributed by atoms with Crippen LogP contribution in [-0.4, -0.2) is 61.5 Å². The highest BCUT2D eigenvalue weighted by Gasteiger charge is 2.26. The van der Waals surface area contributed by atoms with E-state index in [1.54, 1.807) is 0 Å². The molecule has 0 aromatic heterocycles. The van der Waals surface area contributed by atoms with E-state index in [-0.39, 0.29) is 30.3 Å². The zero-order valence-corrected chi connectivity index (χ0v) is 15.9. The van der Waals surface area contributed by atoms with Gasteiger partial charge in [-0.2, -0.15) is 0 Å². The van der Waals surface area contributed by atoms with Gasteiger partial charge in [-0.3, -0.25) is 14.5 Å². The molecular weight excluding hydrogens is 340 g/mol. The second-order valence-electron chi connectivity index (χ2n) is 7.69. The van der Waals surface area contributed by atoms with Crippen LogP contribution in [0.1, 0.15) is 51.4 Å². The minimum Gasteiger partial charge on any atom is -0.354 e. The van der Waals surface area contributed by atoms with Crippen molar-refractivity contribution in [1.29, 1.82) is 0 Å². The molecule has 0 radical (unpaired) electrons. The van der Waals surface area contributed by atoms with Crippen LogP contribution in [0.4, 0.5) is 0 Å². The van der Waals surface area contributed by atoms with E-state index in [4.69, 9.17) is 0 Å². The maximum Gasteiger partial charge on any atom is 0.237 e. The van der Waals surface area contributed by atoms with Gasteiger partial charge in [-0.25, -0.2) is 0 Å². The number of nitrogens with zero attached hydrogens (tertiary/aromatic N) is 1. The van der Waals surface area contributed by atoms with E-state index in [9.17, 15) is 9.59 Å². The third-order valence-electron chi connectivity index (χ3n) is 5.63. The minimum atomic E-state index is 0. The van der Waals surface area contributed by atoms with Crippen LogP contribution < -0.4 is 16.0 Å². The lowest BCUT2D eigenvalue weighted by Crippen LogP contribution is -2.48. The van der Waals surface area contributed by atoms with Gasteiger partial charge in [0.1, 0.15) is 0 Å². The second kappa shape index (κ2) is 10.3. The molecule has 3 rings (SSSR count). The maximum absolute atomic E-state index is 12.2. The predicted molar refractivity (Wildman–Crippen MR) is 101 cm³/mol. The summed E-state index contributed by atoms with van der Waals surface area (Å²) in [6.45, 7) is 4.09. The SMILES string of the molecule is Cl.O=C(CN1CCCC(CNC(=O)C2CCCN2)C1)NC1CCCC1. The Morgan fingerprint density at radius 3 is 2.56 bits per heavy atom. The summed E-state index contributed by atoms with van der Waals surface area (Å²) < 4.78 is 0. The number of likely N-dealkylation sites (tertiary alicyclic amines) is 1. The highest BCUT2D eigenvalue weighted by atomic mass is 35.5. The third-order valence-corrected chi connectivity index (χ3v) is 5.63. The van der Waals surface area contributed by atoms with E-state index in [1.807, 2.05) is 0 Å². The van der Waals surface area contributed by atoms with Gasteiger partial charge in [0, 0.05) is 19.1 Å². The number of carbonyl (C=O) groups is 2. The summed E-state index contributed by atoms with van der Waals surface area (Å²) in [5.74, 6) is 0.772. The molecule has 144 valence electrons. The molecule has 7 heteroatoms. The monoisotopic (exact) mass is 372 g/mol. The van der Waals surface area contributed by atoms with Crippen molar-refractivity contribution in [2.24, 2.45) is 5.92 Å². The standard InChI is InChI=1S/C18H32N4O2.ClH/c23-17(21-15-6-1-2-7-15)13-22-10-4-5-14(12-22)11-20-18(24)16-8-3-9-19-16;/h14-16,19H,1-13H2,(H,20,24)(H,21,23);1H. The van der Waals surface area contributed by atoms with E-state index >= 15 is 0 Å². The Bertz CT molecular complexity index is 437. The van der Waals surface area contributed by atoms with Gasteiger partial charge in [-0.05, 0) is 57.5 Å². The summed E-state index contributed by atoms with van der Waals surface area (Å²) in [7, 11) is 0. The fourth-order valence-electron chi connectivity index (χ4n) is 4.28. The highest BCUT2D eigenvalue weighted by molar-refractivity contribution is 5.85. The van der Waals surface area contributed by atoms with Crippen molar-refractivity contribution in [3.63, 3.8) is 0 Å². The molecule has 2 amide bonds. The quantitative estimate of drug-likeness (QED) is 0.651. The average Bonchev–Trinajstić information content (AvgIpc) is 3.26. The number of hydrogen-bond acceptors (Lipinski definition) is 4. The number of amides is 2. The van der Waals surface area contributed by atoms with Crippen molar-refractivity contribution in [2.45, 2.75) is 63.5 Å². The molecular formula is C18H33ClN4O2. The molecule has 0 spiro atoms. The normalized spacial score (nSPS) is 27.7. The second-order valence-corrected chi connectivity index (χ2v) is 7.69. The molecule has 2 heterocycles.